The van der Waals surface area contributed by atoms with Crippen molar-refractivity contribution >= 4 is 16.7 Å². The molecule has 0 saturated heterocycles. The zero-order chi connectivity index (χ0) is 20.4. The van der Waals surface area contributed by atoms with E-state index in [1.807, 2.05) is 79.7 Å². The van der Waals surface area contributed by atoms with Gasteiger partial charge in [-0.05, 0) is 42.3 Å². The van der Waals surface area contributed by atoms with Crippen molar-refractivity contribution in [3.63, 3.8) is 0 Å². The Morgan fingerprint density at radius 2 is 1.66 bits per heavy atom. The van der Waals surface area contributed by atoms with Crippen LogP contribution in [0.15, 0.2) is 83.7 Å². The molecule has 3 aromatic carbocycles. The lowest BCUT2D eigenvalue weighted by atomic mass is 9.99. The molecular weight excluding hydrogens is 362 g/mol. The third kappa shape index (κ3) is 3.67. The first-order chi connectivity index (χ1) is 14.0. The van der Waals surface area contributed by atoms with Crippen molar-refractivity contribution in [3.05, 3.63) is 106 Å². The van der Waals surface area contributed by atoms with Crippen LogP contribution in [0.4, 0.5) is 0 Å². The van der Waals surface area contributed by atoms with Crippen LogP contribution in [0.1, 0.15) is 34.7 Å². The lowest BCUT2D eigenvalue weighted by Crippen LogP contribution is -2.33. The molecule has 1 heterocycles. The number of carbonyl (C=O) groups excluding carboxylic acids is 1. The van der Waals surface area contributed by atoms with Crippen LogP contribution in [0.2, 0.25) is 0 Å². The summed E-state index contributed by atoms with van der Waals surface area (Å²) in [5.41, 5.74) is 1.94. The fourth-order valence-electron chi connectivity index (χ4n) is 3.51. The van der Waals surface area contributed by atoms with Crippen LogP contribution in [-0.4, -0.2) is 15.7 Å². The van der Waals surface area contributed by atoms with E-state index < -0.39 is 11.3 Å². The minimum Gasteiger partial charge on any atom is -0.344 e. The molecule has 1 N–H and O–H groups in total. The van der Waals surface area contributed by atoms with Gasteiger partial charge in [-0.1, -0.05) is 60.7 Å². The number of nitrogens with zero attached hydrogens (tertiary/aromatic N) is 2. The molecule has 1 amide bonds. The maximum absolute atomic E-state index is 12.9. The topological polar surface area (TPSA) is 64.0 Å². The molecule has 0 saturated carbocycles. The molecule has 1 aromatic heterocycles. The van der Waals surface area contributed by atoms with Crippen molar-refractivity contribution in [2.75, 3.05) is 0 Å². The van der Waals surface area contributed by atoms with Crippen molar-refractivity contribution in [1.29, 1.82) is 0 Å². The van der Waals surface area contributed by atoms with Crippen molar-refractivity contribution in [2.24, 2.45) is 0 Å². The number of benzene rings is 3. The summed E-state index contributed by atoms with van der Waals surface area (Å²) in [6.07, 6.45) is 0. The average Bonchev–Trinajstić information content (AvgIpc) is 2.74. The van der Waals surface area contributed by atoms with E-state index in [4.69, 9.17) is 0 Å². The van der Waals surface area contributed by atoms with Gasteiger partial charge in [0.05, 0.1) is 11.7 Å². The molecular formula is C24H21N3O2. The van der Waals surface area contributed by atoms with E-state index in [0.29, 0.717) is 5.69 Å². The van der Waals surface area contributed by atoms with Gasteiger partial charge in [0.1, 0.15) is 0 Å². The van der Waals surface area contributed by atoms with E-state index in [2.05, 4.69) is 10.4 Å². The number of fused-ring (bicyclic) bond motifs is 1. The number of amides is 1. The molecule has 0 spiro atoms. The fourth-order valence-corrected chi connectivity index (χ4v) is 3.51. The summed E-state index contributed by atoms with van der Waals surface area (Å²) in [6.45, 7) is 3.70. The van der Waals surface area contributed by atoms with Gasteiger partial charge in [-0.3, -0.25) is 9.59 Å². The summed E-state index contributed by atoms with van der Waals surface area (Å²) in [5, 5.41) is 9.45. The molecule has 144 valence electrons. The normalized spacial score (nSPS) is 11.9. The fraction of sp³-hybridized carbons (Fsp3) is 0.125. The van der Waals surface area contributed by atoms with Gasteiger partial charge in [-0.25, -0.2) is 4.68 Å². The zero-order valence-corrected chi connectivity index (χ0v) is 16.3. The molecule has 5 heteroatoms. The quantitative estimate of drug-likeness (QED) is 0.575. The monoisotopic (exact) mass is 383 g/mol. The second kappa shape index (κ2) is 7.72. The largest absolute Gasteiger partial charge is 0.344 e. The molecule has 1 atom stereocenters. The standard InChI is InChI=1S/C24H21N3O2/c1-16-15-22(28)23(26-27(16)19-11-4-3-5-12-19)24(29)25-17(2)20-14-8-10-18-9-6-7-13-21(18)20/h3-15,17H,1-2H3,(H,25,29). The minimum atomic E-state index is -0.486. The van der Waals surface area contributed by atoms with Crippen molar-refractivity contribution in [3.8, 4) is 5.69 Å². The lowest BCUT2D eigenvalue weighted by molar-refractivity contribution is 0.0932. The third-order valence-electron chi connectivity index (χ3n) is 4.96. The molecule has 0 aliphatic carbocycles. The predicted molar refractivity (Wildman–Crippen MR) is 114 cm³/mol. The SMILES string of the molecule is Cc1cc(=O)c(C(=O)NC(C)c2cccc3ccccc23)nn1-c1ccccc1. The van der Waals surface area contributed by atoms with E-state index in [9.17, 15) is 9.59 Å². The summed E-state index contributed by atoms with van der Waals surface area (Å²) in [7, 11) is 0. The number of rotatable bonds is 4. The van der Waals surface area contributed by atoms with Gasteiger partial charge >= 0.3 is 0 Å². The van der Waals surface area contributed by atoms with E-state index in [1.54, 1.807) is 11.6 Å². The van der Waals surface area contributed by atoms with Gasteiger partial charge in [-0.15, -0.1) is 0 Å². The number of aryl methyl sites for hydroxylation is 1. The Hall–Kier alpha value is -3.73. The first kappa shape index (κ1) is 18.6. The molecule has 0 radical (unpaired) electrons. The van der Waals surface area contributed by atoms with Gasteiger partial charge in [-0.2, -0.15) is 5.10 Å². The number of aromatic nitrogens is 2. The summed E-state index contributed by atoms with van der Waals surface area (Å²) >= 11 is 0. The smallest absolute Gasteiger partial charge is 0.276 e. The highest BCUT2D eigenvalue weighted by atomic mass is 16.2. The highest BCUT2D eigenvalue weighted by molar-refractivity contribution is 5.93. The van der Waals surface area contributed by atoms with Crippen LogP contribution in [0.5, 0.6) is 0 Å². The van der Waals surface area contributed by atoms with E-state index in [0.717, 1.165) is 22.0 Å². The van der Waals surface area contributed by atoms with Gasteiger partial charge in [0.15, 0.2) is 5.69 Å². The van der Waals surface area contributed by atoms with Crippen LogP contribution in [0, 0.1) is 6.92 Å². The van der Waals surface area contributed by atoms with Gasteiger partial charge in [0, 0.05) is 11.8 Å². The predicted octanol–water partition coefficient (Wildman–Crippen LogP) is 4.19. The number of para-hydroxylation sites is 1. The van der Waals surface area contributed by atoms with Crippen LogP contribution < -0.4 is 10.7 Å². The number of hydrogen-bond acceptors (Lipinski definition) is 3. The molecule has 29 heavy (non-hydrogen) atoms. The summed E-state index contributed by atoms with van der Waals surface area (Å²) < 4.78 is 1.61. The van der Waals surface area contributed by atoms with Crippen LogP contribution in [-0.2, 0) is 0 Å². The Balaban J connectivity index is 1.67. The highest BCUT2D eigenvalue weighted by Crippen LogP contribution is 2.24. The molecule has 4 aromatic rings. The second-order valence-electron chi connectivity index (χ2n) is 7.01. The lowest BCUT2D eigenvalue weighted by Gasteiger charge is -2.17. The Morgan fingerprint density at radius 1 is 0.966 bits per heavy atom. The maximum atomic E-state index is 12.9. The van der Waals surface area contributed by atoms with Gasteiger partial charge in [0.25, 0.3) is 5.91 Å². The van der Waals surface area contributed by atoms with Crippen LogP contribution >= 0.6 is 0 Å². The molecule has 0 fully saturated rings. The second-order valence-corrected chi connectivity index (χ2v) is 7.01. The van der Waals surface area contributed by atoms with E-state index >= 15 is 0 Å². The zero-order valence-electron chi connectivity index (χ0n) is 16.3. The Labute approximate surface area is 168 Å². The first-order valence-electron chi connectivity index (χ1n) is 9.49. The van der Waals surface area contributed by atoms with Crippen molar-refractivity contribution in [1.82, 2.24) is 15.1 Å². The molecule has 0 bridgehead atoms. The maximum Gasteiger partial charge on any atom is 0.276 e. The molecule has 1 unspecified atom stereocenters. The van der Waals surface area contributed by atoms with Crippen LogP contribution in [0.3, 0.4) is 0 Å². The van der Waals surface area contributed by atoms with Crippen molar-refractivity contribution < 1.29 is 4.79 Å². The summed E-state index contributed by atoms with van der Waals surface area (Å²) in [5.74, 6) is -0.486. The minimum absolute atomic E-state index is 0.119. The molecule has 0 aliphatic rings. The Kier molecular flexibility index (Phi) is 4.96. The molecule has 0 aliphatic heterocycles. The summed E-state index contributed by atoms with van der Waals surface area (Å²) in [4.78, 5) is 25.4. The van der Waals surface area contributed by atoms with E-state index in [-0.39, 0.29) is 11.7 Å². The van der Waals surface area contributed by atoms with E-state index in [1.165, 1.54) is 6.07 Å². The Bertz CT molecular complexity index is 1240. The van der Waals surface area contributed by atoms with Crippen LogP contribution in [0.25, 0.3) is 16.5 Å². The van der Waals surface area contributed by atoms with Gasteiger partial charge < -0.3 is 5.32 Å². The number of nitrogens with one attached hydrogen (secondary N) is 1. The van der Waals surface area contributed by atoms with Crippen molar-refractivity contribution in [2.45, 2.75) is 19.9 Å². The molecule has 5 nitrogen and oxygen atoms in total. The Morgan fingerprint density at radius 3 is 2.45 bits per heavy atom. The third-order valence-corrected chi connectivity index (χ3v) is 4.96. The van der Waals surface area contributed by atoms with Gasteiger partial charge in [0.2, 0.25) is 5.43 Å². The first-order valence-corrected chi connectivity index (χ1v) is 9.49. The average molecular weight is 383 g/mol. The number of carbonyl (C=O) groups is 1. The molecule has 4 rings (SSSR count). The number of hydrogen-bond donors (Lipinski definition) is 1. The summed E-state index contributed by atoms with van der Waals surface area (Å²) in [6, 6.07) is 24.6. The highest BCUT2D eigenvalue weighted by Gasteiger charge is 2.19.